The maximum absolute atomic E-state index is 11.6. The molecule has 82 valence electrons. The van der Waals surface area contributed by atoms with Crippen LogP contribution in [0.5, 0.6) is 0 Å². The number of amides is 1. The second-order valence-corrected chi connectivity index (χ2v) is 3.97. The molecule has 0 aliphatic rings. The number of thiazole rings is 1. The summed E-state index contributed by atoms with van der Waals surface area (Å²) in [5.74, 6) is 0.211. The molecule has 3 N–H and O–H groups in total. The number of nitrogens with two attached hydrogens (primary N) is 1. The molecule has 2 rings (SSSR count). The Kier molecular flexibility index (Phi) is 2.82. The van der Waals surface area contributed by atoms with E-state index in [1.807, 2.05) is 6.92 Å². The van der Waals surface area contributed by atoms with Crippen LogP contribution in [0, 0.1) is 6.92 Å². The van der Waals surface area contributed by atoms with Gasteiger partial charge in [-0.25, -0.2) is 9.97 Å². The molecular weight excluding hydrogens is 224 g/mol. The molecule has 0 saturated carbocycles. The number of nitrogen functional groups attached to an aromatic ring is 1. The van der Waals surface area contributed by atoms with Gasteiger partial charge in [-0.3, -0.25) is 4.79 Å². The molecule has 0 aliphatic heterocycles. The first-order valence-electron chi connectivity index (χ1n) is 4.58. The average molecular weight is 234 g/mol. The summed E-state index contributed by atoms with van der Waals surface area (Å²) in [7, 11) is 0. The molecule has 0 atom stereocenters. The monoisotopic (exact) mass is 234 g/mol. The predicted octanol–water partition coefficient (Wildman–Crippen LogP) is 1.68. The highest BCUT2D eigenvalue weighted by Crippen LogP contribution is 2.14. The molecule has 2 aromatic rings. The van der Waals surface area contributed by atoms with Crippen molar-refractivity contribution in [2.45, 2.75) is 6.92 Å². The Morgan fingerprint density at radius 2 is 2.31 bits per heavy atom. The summed E-state index contributed by atoms with van der Waals surface area (Å²) in [4.78, 5) is 19.5. The zero-order valence-corrected chi connectivity index (χ0v) is 9.41. The second kappa shape index (κ2) is 4.28. The summed E-state index contributed by atoms with van der Waals surface area (Å²) in [5, 5.41) is 4.33. The highest BCUT2D eigenvalue weighted by atomic mass is 32.1. The van der Waals surface area contributed by atoms with Crippen LogP contribution in [0.2, 0.25) is 0 Å². The van der Waals surface area contributed by atoms with Crippen LogP contribution >= 0.6 is 11.3 Å². The van der Waals surface area contributed by atoms with E-state index >= 15 is 0 Å². The lowest BCUT2D eigenvalue weighted by Gasteiger charge is -2.04. The fourth-order valence-corrected chi connectivity index (χ4v) is 1.67. The van der Waals surface area contributed by atoms with E-state index in [0.717, 1.165) is 5.56 Å². The number of hydrogen-bond donors (Lipinski definition) is 2. The Bertz CT molecular complexity index is 510. The molecule has 0 fully saturated rings. The number of carbonyl (C=O) groups is 1. The van der Waals surface area contributed by atoms with Crippen LogP contribution in [0.1, 0.15) is 16.1 Å². The molecule has 0 saturated heterocycles. The van der Waals surface area contributed by atoms with Gasteiger partial charge in [-0.1, -0.05) is 0 Å². The maximum Gasteiger partial charge on any atom is 0.276 e. The molecule has 6 heteroatoms. The van der Waals surface area contributed by atoms with Crippen molar-refractivity contribution in [3.05, 3.63) is 34.4 Å². The van der Waals surface area contributed by atoms with E-state index in [0.29, 0.717) is 17.2 Å². The first-order chi connectivity index (χ1) is 7.66. The zero-order valence-electron chi connectivity index (χ0n) is 8.60. The number of anilines is 2. The van der Waals surface area contributed by atoms with Crippen molar-refractivity contribution in [3.8, 4) is 0 Å². The Labute approximate surface area is 96.3 Å². The quantitative estimate of drug-likeness (QED) is 0.828. The van der Waals surface area contributed by atoms with Gasteiger partial charge in [-0.2, -0.15) is 0 Å². The van der Waals surface area contributed by atoms with Crippen LogP contribution in [-0.4, -0.2) is 15.9 Å². The fraction of sp³-hybridized carbons (Fsp3) is 0.100. The van der Waals surface area contributed by atoms with E-state index in [1.165, 1.54) is 17.5 Å². The number of aryl methyl sites for hydroxylation is 1. The normalized spacial score (nSPS) is 10.1. The Balaban J connectivity index is 2.15. The number of nitrogens with one attached hydrogen (secondary N) is 1. The molecule has 0 unspecified atom stereocenters. The van der Waals surface area contributed by atoms with Crippen molar-refractivity contribution in [2.24, 2.45) is 0 Å². The van der Waals surface area contributed by atoms with Gasteiger partial charge in [0.2, 0.25) is 0 Å². The third-order valence-electron chi connectivity index (χ3n) is 2.06. The molecule has 0 radical (unpaired) electrons. The number of aromatic nitrogens is 2. The lowest BCUT2D eigenvalue weighted by atomic mass is 10.2. The molecule has 2 heterocycles. The van der Waals surface area contributed by atoms with Gasteiger partial charge in [0.1, 0.15) is 11.5 Å². The minimum Gasteiger partial charge on any atom is -0.397 e. The minimum atomic E-state index is -0.266. The van der Waals surface area contributed by atoms with Gasteiger partial charge in [-0.05, 0) is 18.6 Å². The van der Waals surface area contributed by atoms with Gasteiger partial charge in [0.05, 0.1) is 17.4 Å². The molecule has 2 aromatic heterocycles. The van der Waals surface area contributed by atoms with Crippen LogP contribution in [0.15, 0.2) is 23.2 Å². The average Bonchev–Trinajstić information content (AvgIpc) is 2.77. The summed E-state index contributed by atoms with van der Waals surface area (Å²) >= 11 is 1.37. The van der Waals surface area contributed by atoms with E-state index in [2.05, 4.69) is 15.3 Å². The molecule has 0 bridgehead atoms. The van der Waals surface area contributed by atoms with Crippen molar-refractivity contribution in [1.82, 2.24) is 9.97 Å². The molecule has 1 amide bonds. The molecule has 0 spiro atoms. The van der Waals surface area contributed by atoms with Crippen LogP contribution in [0.25, 0.3) is 0 Å². The lowest BCUT2D eigenvalue weighted by Crippen LogP contribution is -2.13. The van der Waals surface area contributed by atoms with Crippen LogP contribution in [0.4, 0.5) is 11.5 Å². The third-order valence-corrected chi connectivity index (χ3v) is 2.64. The fourth-order valence-electron chi connectivity index (χ4n) is 1.14. The van der Waals surface area contributed by atoms with Gasteiger partial charge in [0.25, 0.3) is 5.91 Å². The highest BCUT2D eigenvalue weighted by Gasteiger charge is 2.08. The summed E-state index contributed by atoms with van der Waals surface area (Å²) in [6.45, 7) is 1.86. The largest absolute Gasteiger partial charge is 0.397 e. The van der Waals surface area contributed by atoms with Gasteiger partial charge in [0.15, 0.2) is 0 Å². The van der Waals surface area contributed by atoms with E-state index in [-0.39, 0.29) is 5.91 Å². The van der Waals surface area contributed by atoms with Crippen molar-refractivity contribution in [1.29, 1.82) is 0 Å². The van der Waals surface area contributed by atoms with E-state index in [4.69, 9.17) is 5.73 Å². The van der Waals surface area contributed by atoms with Crippen molar-refractivity contribution in [3.63, 3.8) is 0 Å². The molecule has 0 aliphatic carbocycles. The summed E-state index contributed by atoms with van der Waals surface area (Å²) < 4.78 is 0. The van der Waals surface area contributed by atoms with Crippen molar-refractivity contribution < 1.29 is 4.79 Å². The van der Waals surface area contributed by atoms with E-state index < -0.39 is 0 Å². The lowest BCUT2D eigenvalue weighted by molar-refractivity contribution is 0.102. The minimum absolute atomic E-state index is 0.266. The molecule has 0 aromatic carbocycles. The Morgan fingerprint density at radius 3 is 2.94 bits per heavy atom. The number of nitrogens with zero attached hydrogens (tertiary/aromatic N) is 2. The van der Waals surface area contributed by atoms with Crippen LogP contribution < -0.4 is 11.1 Å². The first-order valence-corrected chi connectivity index (χ1v) is 5.53. The Morgan fingerprint density at radius 1 is 1.50 bits per heavy atom. The van der Waals surface area contributed by atoms with Gasteiger partial charge < -0.3 is 11.1 Å². The van der Waals surface area contributed by atoms with Crippen molar-refractivity contribution in [2.75, 3.05) is 11.1 Å². The van der Waals surface area contributed by atoms with Crippen LogP contribution in [-0.2, 0) is 0 Å². The highest BCUT2D eigenvalue weighted by molar-refractivity contribution is 7.07. The number of carbonyl (C=O) groups excluding carboxylic acids is 1. The van der Waals surface area contributed by atoms with Crippen LogP contribution in [0.3, 0.4) is 0 Å². The summed E-state index contributed by atoms with van der Waals surface area (Å²) in [5.41, 5.74) is 9.11. The summed E-state index contributed by atoms with van der Waals surface area (Å²) in [6.07, 6.45) is 1.52. The molecule has 5 nitrogen and oxygen atoms in total. The molecule has 16 heavy (non-hydrogen) atoms. The third kappa shape index (κ3) is 2.17. The standard InChI is InChI=1S/C10H10N4OS/c1-6-2-9(12-3-7(6)11)14-10(15)8-4-16-5-13-8/h2-5H,11H2,1H3,(H,12,14,15). The van der Waals surface area contributed by atoms with Gasteiger partial charge in [-0.15, -0.1) is 11.3 Å². The van der Waals surface area contributed by atoms with Crippen molar-refractivity contribution >= 4 is 28.7 Å². The van der Waals surface area contributed by atoms with E-state index in [1.54, 1.807) is 17.0 Å². The van der Waals surface area contributed by atoms with Gasteiger partial charge >= 0.3 is 0 Å². The SMILES string of the molecule is Cc1cc(NC(=O)c2cscn2)ncc1N. The summed E-state index contributed by atoms with van der Waals surface area (Å²) in [6, 6.07) is 1.72. The number of pyridine rings is 1. The van der Waals surface area contributed by atoms with E-state index in [9.17, 15) is 4.79 Å². The number of hydrogen-bond acceptors (Lipinski definition) is 5. The smallest absolute Gasteiger partial charge is 0.276 e. The maximum atomic E-state index is 11.6. The number of rotatable bonds is 2. The predicted molar refractivity (Wildman–Crippen MR) is 63.5 cm³/mol. The molecular formula is C10H10N4OS. The zero-order chi connectivity index (χ0) is 11.5. The first kappa shape index (κ1) is 10.6. The second-order valence-electron chi connectivity index (χ2n) is 3.25. The topological polar surface area (TPSA) is 80.9 Å². The van der Waals surface area contributed by atoms with Gasteiger partial charge in [0, 0.05) is 5.38 Å². The Hall–Kier alpha value is -1.95.